The number of tetrazole rings is 1. The van der Waals surface area contributed by atoms with Crippen molar-refractivity contribution in [3.8, 4) is 0 Å². The van der Waals surface area contributed by atoms with Gasteiger partial charge in [0.2, 0.25) is 5.91 Å². The van der Waals surface area contributed by atoms with E-state index in [0.717, 1.165) is 17.5 Å². The van der Waals surface area contributed by atoms with Gasteiger partial charge in [0.05, 0.1) is 0 Å². The van der Waals surface area contributed by atoms with Crippen molar-refractivity contribution in [2.24, 2.45) is 0 Å². The van der Waals surface area contributed by atoms with Gasteiger partial charge >= 0.3 is 0 Å². The zero-order chi connectivity index (χ0) is 17.5. The van der Waals surface area contributed by atoms with Crippen LogP contribution in [-0.2, 0) is 17.6 Å². The van der Waals surface area contributed by atoms with E-state index < -0.39 is 6.04 Å². The number of carbonyl (C=O) groups is 1. The molecule has 0 spiro atoms. The van der Waals surface area contributed by atoms with Crippen molar-refractivity contribution in [1.29, 1.82) is 0 Å². The summed E-state index contributed by atoms with van der Waals surface area (Å²) in [7, 11) is 0. The van der Waals surface area contributed by atoms with E-state index in [1.165, 1.54) is 11.0 Å². The van der Waals surface area contributed by atoms with Crippen molar-refractivity contribution < 1.29 is 4.79 Å². The first kappa shape index (κ1) is 17.1. The number of benzene rings is 2. The SMILES string of the molecule is O=C(NCCc1ccc(Cl)cc1)[C@@H](Cc1ccccc1)n1cnnn1. The van der Waals surface area contributed by atoms with E-state index in [4.69, 9.17) is 11.6 Å². The van der Waals surface area contributed by atoms with E-state index in [0.29, 0.717) is 18.0 Å². The topological polar surface area (TPSA) is 72.7 Å². The average Bonchev–Trinajstić information content (AvgIpc) is 3.16. The molecule has 1 heterocycles. The highest BCUT2D eigenvalue weighted by Crippen LogP contribution is 2.13. The maximum atomic E-state index is 12.6. The lowest BCUT2D eigenvalue weighted by molar-refractivity contribution is -0.124. The van der Waals surface area contributed by atoms with Crippen LogP contribution < -0.4 is 5.32 Å². The summed E-state index contributed by atoms with van der Waals surface area (Å²) >= 11 is 5.88. The fourth-order valence-corrected chi connectivity index (χ4v) is 2.68. The van der Waals surface area contributed by atoms with Crippen LogP contribution in [0.2, 0.25) is 5.02 Å². The van der Waals surface area contributed by atoms with Crippen LogP contribution in [0.4, 0.5) is 0 Å². The Bertz CT molecular complexity index is 790. The Morgan fingerprint density at radius 2 is 1.84 bits per heavy atom. The summed E-state index contributed by atoms with van der Waals surface area (Å²) in [6.07, 6.45) is 2.72. The molecule has 0 aliphatic heterocycles. The van der Waals surface area contributed by atoms with E-state index in [1.54, 1.807) is 0 Å². The Morgan fingerprint density at radius 1 is 1.08 bits per heavy atom. The van der Waals surface area contributed by atoms with E-state index in [2.05, 4.69) is 20.8 Å². The molecule has 0 saturated heterocycles. The molecule has 0 bridgehead atoms. The largest absolute Gasteiger partial charge is 0.354 e. The molecule has 1 aromatic heterocycles. The van der Waals surface area contributed by atoms with E-state index in [-0.39, 0.29) is 5.91 Å². The molecule has 0 aliphatic carbocycles. The van der Waals surface area contributed by atoms with Crippen LogP contribution in [0.5, 0.6) is 0 Å². The maximum Gasteiger partial charge on any atom is 0.245 e. The van der Waals surface area contributed by atoms with Crippen LogP contribution in [0, 0.1) is 0 Å². The van der Waals surface area contributed by atoms with Crippen molar-refractivity contribution in [1.82, 2.24) is 25.5 Å². The van der Waals surface area contributed by atoms with Crippen LogP contribution in [0.15, 0.2) is 60.9 Å². The second kappa shape index (κ2) is 8.39. The third kappa shape index (κ3) is 4.87. The number of hydrogen-bond acceptors (Lipinski definition) is 4. The molecule has 3 rings (SSSR count). The lowest BCUT2D eigenvalue weighted by Crippen LogP contribution is -2.35. The lowest BCUT2D eigenvalue weighted by atomic mass is 10.1. The number of amides is 1. The predicted molar refractivity (Wildman–Crippen MR) is 95.2 cm³/mol. The molecule has 0 aliphatic rings. The zero-order valence-electron chi connectivity index (χ0n) is 13.5. The van der Waals surface area contributed by atoms with Gasteiger partial charge in [0.15, 0.2) is 0 Å². The molecule has 1 amide bonds. The Morgan fingerprint density at radius 3 is 2.52 bits per heavy atom. The highest BCUT2D eigenvalue weighted by atomic mass is 35.5. The molecule has 0 fully saturated rings. The molecule has 0 unspecified atom stereocenters. The van der Waals surface area contributed by atoms with E-state index in [1.807, 2.05) is 54.6 Å². The quantitative estimate of drug-likeness (QED) is 0.706. The van der Waals surface area contributed by atoms with Gasteiger partial charge in [-0.15, -0.1) is 5.10 Å². The smallest absolute Gasteiger partial charge is 0.245 e. The van der Waals surface area contributed by atoms with Gasteiger partial charge in [-0.3, -0.25) is 4.79 Å². The minimum absolute atomic E-state index is 0.106. The highest BCUT2D eigenvalue weighted by Gasteiger charge is 2.21. The van der Waals surface area contributed by atoms with Gasteiger partial charge in [0.25, 0.3) is 0 Å². The third-order valence-electron chi connectivity index (χ3n) is 3.88. The number of halogens is 1. The van der Waals surface area contributed by atoms with Gasteiger partial charge in [0.1, 0.15) is 12.4 Å². The predicted octanol–water partition coefficient (Wildman–Crippen LogP) is 2.47. The summed E-state index contributed by atoms with van der Waals surface area (Å²) in [6.45, 7) is 0.536. The van der Waals surface area contributed by atoms with Gasteiger partial charge in [0, 0.05) is 18.0 Å². The number of carbonyl (C=O) groups excluding carboxylic acids is 1. The monoisotopic (exact) mass is 355 g/mol. The summed E-state index contributed by atoms with van der Waals surface area (Å²) in [5.41, 5.74) is 2.17. The van der Waals surface area contributed by atoms with Crippen LogP contribution in [-0.4, -0.2) is 32.7 Å². The first-order chi connectivity index (χ1) is 12.2. The van der Waals surface area contributed by atoms with Gasteiger partial charge < -0.3 is 5.32 Å². The van der Waals surface area contributed by atoms with Crippen LogP contribution in [0.1, 0.15) is 17.2 Å². The Labute approximate surface area is 150 Å². The molecule has 128 valence electrons. The number of hydrogen-bond donors (Lipinski definition) is 1. The molecule has 2 aromatic carbocycles. The Kier molecular flexibility index (Phi) is 5.74. The fraction of sp³-hybridized carbons (Fsp3) is 0.222. The van der Waals surface area contributed by atoms with Crippen molar-refractivity contribution in [2.75, 3.05) is 6.54 Å². The Hall–Kier alpha value is -2.73. The van der Waals surface area contributed by atoms with Crippen molar-refractivity contribution in [3.05, 3.63) is 77.1 Å². The molecule has 0 radical (unpaired) electrons. The molecule has 1 atom stereocenters. The molecule has 6 nitrogen and oxygen atoms in total. The normalized spacial score (nSPS) is 11.9. The summed E-state index contributed by atoms with van der Waals surface area (Å²) < 4.78 is 1.49. The lowest BCUT2D eigenvalue weighted by Gasteiger charge is -2.16. The van der Waals surface area contributed by atoms with Gasteiger partial charge in [-0.05, 0) is 40.1 Å². The maximum absolute atomic E-state index is 12.6. The first-order valence-corrected chi connectivity index (χ1v) is 8.39. The number of nitrogens with zero attached hydrogens (tertiary/aromatic N) is 4. The first-order valence-electron chi connectivity index (χ1n) is 8.01. The van der Waals surface area contributed by atoms with Crippen LogP contribution in [0.3, 0.4) is 0 Å². The highest BCUT2D eigenvalue weighted by molar-refractivity contribution is 6.30. The number of aromatic nitrogens is 4. The van der Waals surface area contributed by atoms with Gasteiger partial charge in [-0.2, -0.15) is 0 Å². The summed E-state index contributed by atoms with van der Waals surface area (Å²) in [5.74, 6) is -0.106. The third-order valence-corrected chi connectivity index (χ3v) is 4.14. The molecular weight excluding hydrogens is 338 g/mol. The molecule has 0 saturated carbocycles. The van der Waals surface area contributed by atoms with Crippen molar-refractivity contribution in [2.45, 2.75) is 18.9 Å². The van der Waals surface area contributed by atoms with Crippen LogP contribution >= 0.6 is 11.6 Å². The van der Waals surface area contributed by atoms with Gasteiger partial charge in [-0.25, -0.2) is 4.68 Å². The van der Waals surface area contributed by atoms with Crippen molar-refractivity contribution in [3.63, 3.8) is 0 Å². The molecule has 25 heavy (non-hydrogen) atoms. The molecule has 7 heteroatoms. The number of nitrogens with one attached hydrogen (secondary N) is 1. The molecule has 3 aromatic rings. The van der Waals surface area contributed by atoms with Gasteiger partial charge in [-0.1, -0.05) is 54.1 Å². The summed E-state index contributed by atoms with van der Waals surface area (Å²) in [5, 5.41) is 14.8. The summed E-state index contributed by atoms with van der Waals surface area (Å²) in [4.78, 5) is 12.6. The standard InChI is InChI=1S/C18H18ClN5O/c19-16-8-6-14(7-9-16)10-11-20-18(25)17(24-13-21-22-23-24)12-15-4-2-1-3-5-15/h1-9,13,17H,10-12H2,(H,20,25)/t17-/m1/s1. The van der Waals surface area contributed by atoms with Crippen LogP contribution in [0.25, 0.3) is 0 Å². The molecule has 1 N–H and O–H groups in total. The second-order valence-corrected chi connectivity index (χ2v) is 6.10. The molecular formula is C18H18ClN5O. The minimum Gasteiger partial charge on any atom is -0.354 e. The minimum atomic E-state index is -0.484. The Balaban J connectivity index is 1.62. The fourth-order valence-electron chi connectivity index (χ4n) is 2.55. The summed E-state index contributed by atoms with van der Waals surface area (Å²) in [6, 6.07) is 16.9. The van der Waals surface area contributed by atoms with E-state index >= 15 is 0 Å². The second-order valence-electron chi connectivity index (χ2n) is 5.66. The number of rotatable bonds is 7. The van der Waals surface area contributed by atoms with E-state index in [9.17, 15) is 4.79 Å². The average molecular weight is 356 g/mol. The van der Waals surface area contributed by atoms with Crippen molar-refractivity contribution >= 4 is 17.5 Å². The zero-order valence-corrected chi connectivity index (χ0v) is 14.3.